The van der Waals surface area contributed by atoms with Gasteiger partial charge in [0.15, 0.2) is 0 Å². The molecule has 2 N–H and O–H groups in total. The molecule has 4 aromatic carbocycles. The minimum absolute atomic E-state index is 0.140. The number of carboxylic acids is 1. The van der Waals surface area contributed by atoms with Gasteiger partial charge >= 0.3 is 6.03 Å². The predicted molar refractivity (Wildman–Crippen MR) is 125 cm³/mol. The van der Waals surface area contributed by atoms with Crippen molar-refractivity contribution in [2.45, 2.75) is 6.10 Å². The molecule has 0 bridgehead atoms. The van der Waals surface area contributed by atoms with Crippen molar-refractivity contribution in [2.24, 2.45) is 0 Å². The van der Waals surface area contributed by atoms with Crippen LogP contribution in [0, 0.1) is 0 Å². The Labute approximate surface area is 191 Å². The number of hydrogen-bond donors (Lipinski definition) is 2. The van der Waals surface area contributed by atoms with Gasteiger partial charge in [-0.05, 0) is 41.5 Å². The number of carbonyl (C=O) groups excluding carboxylic acids is 2. The van der Waals surface area contributed by atoms with Crippen LogP contribution in [-0.4, -0.2) is 12.0 Å². The van der Waals surface area contributed by atoms with E-state index in [9.17, 15) is 14.7 Å². The van der Waals surface area contributed by atoms with E-state index in [4.69, 9.17) is 4.74 Å². The highest BCUT2D eigenvalue weighted by atomic mass is 16.5. The van der Waals surface area contributed by atoms with Gasteiger partial charge in [-0.2, -0.15) is 0 Å². The molecule has 0 saturated heterocycles. The number of para-hydroxylation sites is 1. The molecule has 4 rings (SSSR count). The third-order valence-electron chi connectivity index (χ3n) is 4.94. The van der Waals surface area contributed by atoms with Crippen LogP contribution in [-0.2, 0) is 0 Å². The fraction of sp³-hybridized carbons (Fsp3) is 0.0370. The van der Waals surface area contributed by atoms with Crippen molar-refractivity contribution in [2.75, 3.05) is 10.6 Å². The van der Waals surface area contributed by atoms with E-state index < -0.39 is 18.1 Å². The molecule has 0 heterocycles. The summed E-state index contributed by atoms with van der Waals surface area (Å²) in [5, 5.41) is 17.2. The van der Waals surface area contributed by atoms with Crippen molar-refractivity contribution < 1.29 is 19.4 Å². The molecule has 0 fully saturated rings. The van der Waals surface area contributed by atoms with E-state index in [1.165, 1.54) is 12.1 Å². The maximum Gasteiger partial charge on any atom is 0.323 e. The van der Waals surface area contributed by atoms with Crippen molar-refractivity contribution in [3.05, 3.63) is 126 Å². The van der Waals surface area contributed by atoms with Gasteiger partial charge in [0, 0.05) is 16.9 Å². The maximum absolute atomic E-state index is 12.3. The number of benzene rings is 4. The molecule has 0 aliphatic carbocycles. The van der Waals surface area contributed by atoms with Crippen LogP contribution in [0.4, 0.5) is 16.2 Å². The van der Waals surface area contributed by atoms with Gasteiger partial charge in [-0.25, -0.2) is 4.79 Å². The lowest BCUT2D eigenvalue weighted by Gasteiger charge is -2.23. The third-order valence-corrected chi connectivity index (χ3v) is 4.94. The fourth-order valence-corrected chi connectivity index (χ4v) is 3.40. The van der Waals surface area contributed by atoms with E-state index in [0.717, 1.165) is 11.1 Å². The lowest BCUT2D eigenvalue weighted by atomic mass is 10.0. The van der Waals surface area contributed by atoms with E-state index in [2.05, 4.69) is 10.6 Å². The van der Waals surface area contributed by atoms with Crippen molar-refractivity contribution in [1.29, 1.82) is 0 Å². The summed E-state index contributed by atoms with van der Waals surface area (Å²) in [6.45, 7) is 0. The SMILES string of the molecule is O=C(Nc1ccccc1)Nc1ccc(OC(c2ccccc2)c2ccccc2)c(C(=O)[O-])c1. The van der Waals surface area contributed by atoms with Crippen LogP contribution in [0.15, 0.2) is 109 Å². The lowest BCUT2D eigenvalue weighted by molar-refractivity contribution is -0.255. The molecule has 33 heavy (non-hydrogen) atoms. The summed E-state index contributed by atoms with van der Waals surface area (Å²) in [5.41, 5.74) is 2.49. The molecule has 0 aromatic heterocycles. The fourth-order valence-electron chi connectivity index (χ4n) is 3.40. The number of amides is 2. The minimum Gasteiger partial charge on any atom is -0.545 e. The summed E-state index contributed by atoms with van der Waals surface area (Å²) in [5.74, 6) is -1.27. The summed E-state index contributed by atoms with van der Waals surface area (Å²) in [6.07, 6.45) is -0.523. The average molecular weight is 437 g/mol. The highest BCUT2D eigenvalue weighted by Crippen LogP contribution is 2.31. The van der Waals surface area contributed by atoms with Gasteiger partial charge in [-0.1, -0.05) is 78.9 Å². The number of nitrogens with one attached hydrogen (secondary N) is 2. The Bertz CT molecular complexity index is 1190. The molecule has 2 amide bonds. The van der Waals surface area contributed by atoms with Gasteiger partial charge in [0.25, 0.3) is 0 Å². The number of carboxylic acid groups (broad SMARTS) is 1. The van der Waals surface area contributed by atoms with Gasteiger partial charge in [0.05, 0.1) is 5.97 Å². The first kappa shape index (κ1) is 21.6. The molecule has 0 spiro atoms. The number of ether oxygens (including phenoxy) is 1. The van der Waals surface area contributed by atoms with Crippen LogP contribution >= 0.6 is 0 Å². The van der Waals surface area contributed by atoms with E-state index in [1.807, 2.05) is 66.7 Å². The number of rotatable bonds is 7. The topological polar surface area (TPSA) is 90.5 Å². The quantitative estimate of drug-likeness (QED) is 0.432. The summed E-state index contributed by atoms with van der Waals surface area (Å²) >= 11 is 0. The standard InChI is InChI=1S/C27H22N2O4/c30-26(31)23-18-22(29-27(32)28-21-14-8-3-9-15-21)16-17-24(23)33-25(19-10-4-1-5-11-19)20-12-6-2-7-13-20/h1-18,25H,(H,30,31)(H2,28,29,32)/p-1. The minimum atomic E-state index is -1.41. The van der Waals surface area contributed by atoms with Crippen LogP contribution in [0.5, 0.6) is 5.75 Å². The molecular weight excluding hydrogens is 416 g/mol. The predicted octanol–water partition coefficient (Wildman–Crippen LogP) is 4.86. The van der Waals surface area contributed by atoms with Crippen LogP contribution in [0.2, 0.25) is 0 Å². The van der Waals surface area contributed by atoms with Crippen LogP contribution in [0.3, 0.4) is 0 Å². The van der Waals surface area contributed by atoms with E-state index in [0.29, 0.717) is 11.4 Å². The maximum atomic E-state index is 12.3. The van der Waals surface area contributed by atoms with Gasteiger partial charge in [-0.15, -0.1) is 0 Å². The Morgan fingerprint density at radius 1 is 0.667 bits per heavy atom. The van der Waals surface area contributed by atoms with Crippen molar-refractivity contribution in [3.63, 3.8) is 0 Å². The van der Waals surface area contributed by atoms with E-state index in [1.54, 1.807) is 30.3 Å². The third kappa shape index (κ3) is 5.57. The lowest BCUT2D eigenvalue weighted by Crippen LogP contribution is -2.25. The van der Waals surface area contributed by atoms with Crippen LogP contribution < -0.4 is 20.5 Å². The zero-order chi connectivity index (χ0) is 23.0. The number of hydrogen-bond acceptors (Lipinski definition) is 4. The number of carbonyl (C=O) groups is 2. The van der Waals surface area contributed by atoms with Crippen LogP contribution in [0.25, 0.3) is 0 Å². The Hall–Kier alpha value is -4.58. The largest absolute Gasteiger partial charge is 0.545 e. The Kier molecular flexibility index (Phi) is 6.66. The molecule has 164 valence electrons. The second-order valence-corrected chi connectivity index (χ2v) is 7.26. The molecule has 6 nitrogen and oxygen atoms in total. The first-order valence-corrected chi connectivity index (χ1v) is 10.3. The Morgan fingerprint density at radius 3 is 1.73 bits per heavy atom. The second-order valence-electron chi connectivity index (χ2n) is 7.26. The van der Waals surface area contributed by atoms with Gasteiger partial charge in [0.1, 0.15) is 11.9 Å². The summed E-state index contributed by atoms with van der Waals surface area (Å²) < 4.78 is 6.19. The number of anilines is 2. The van der Waals surface area contributed by atoms with E-state index >= 15 is 0 Å². The molecule has 0 aliphatic rings. The normalized spacial score (nSPS) is 10.5. The van der Waals surface area contributed by atoms with Gasteiger partial charge < -0.3 is 25.3 Å². The molecular formula is C27H21N2O4-. The summed E-state index contributed by atoms with van der Waals surface area (Å²) in [7, 11) is 0. The smallest absolute Gasteiger partial charge is 0.323 e. The zero-order valence-electron chi connectivity index (χ0n) is 17.6. The molecule has 0 atom stereocenters. The first-order valence-electron chi connectivity index (χ1n) is 10.3. The van der Waals surface area contributed by atoms with Gasteiger partial charge in [-0.3, -0.25) is 0 Å². The van der Waals surface area contributed by atoms with Crippen molar-refractivity contribution in [3.8, 4) is 5.75 Å². The molecule has 4 aromatic rings. The summed E-state index contributed by atoms with van der Waals surface area (Å²) in [6, 6.07) is 31.9. The zero-order valence-corrected chi connectivity index (χ0v) is 17.6. The number of aromatic carboxylic acids is 1. The van der Waals surface area contributed by atoms with Crippen LogP contribution in [0.1, 0.15) is 27.6 Å². The first-order chi connectivity index (χ1) is 16.1. The van der Waals surface area contributed by atoms with Gasteiger partial charge in [0.2, 0.25) is 0 Å². The van der Waals surface area contributed by atoms with E-state index in [-0.39, 0.29) is 11.3 Å². The number of urea groups is 1. The molecule has 0 unspecified atom stereocenters. The summed E-state index contributed by atoms with van der Waals surface area (Å²) in [4.78, 5) is 24.2. The second kappa shape index (κ2) is 10.2. The molecule has 0 aliphatic heterocycles. The molecule has 0 saturated carbocycles. The average Bonchev–Trinajstić information content (AvgIpc) is 2.84. The Balaban J connectivity index is 1.59. The monoisotopic (exact) mass is 437 g/mol. The van der Waals surface area contributed by atoms with Crippen molar-refractivity contribution in [1.82, 2.24) is 0 Å². The highest BCUT2D eigenvalue weighted by Gasteiger charge is 2.18. The van der Waals surface area contributed by atoms with Crippen molar-refractivity contribution >= 4 is 23.4 Å². The highest BCUT2D eigenvalue weighted by molar-refractivity contribution is 6.01. The molecule has 6 heteroatoms. The molecule has 0 radical (unpaired) electrons. The Morgan fingerprint density at radius 2 is 1.18 bits per heavy atom.